The van der Waals surface area contributed by atoms with Gasteiger partial charge in [0.05, 0.1) is 14.2 Å². The third-order valence-electron chi connectivity index (χ3n) is 1.31. The smallest absolute Gasteiger partial charge is 0.149 e. The first kappa shape index (κ1) is 8.35. The van der Waals surface area contributed by atoms with E-state index >= 15 is 0 Å². The largest absolute Gasteiger partial charge is 0.380 e. The second-order valence-electron chi connectivity index (χ2n) is 2.20. The summed E-state index contributed by atoms with van der Waals surface area (Å²) in [5, 5.41) is 0. The molecule has 7 heteroatoms. The fourth-order valence-corrected chi connectivity index (χ4v) is 0.748. The highest BCUT2D eigenvalue weighted by Crippen LogP contribution is 1.52. The van der Waals surface area contributed by atoms with Gasteiger partial charge in [-0.25, -0.2) is 0 Å². The van der Waals surface area contributed by atoms with E-state index in [1.807, 2.05) is 0 Å². The van der Waals surface area contributed by atoms with E-state index in [1.54, 1.807) is 0 Å². The predicted molar refractivity (Wildman–Crippen MR) is 52.9 cm³/mol. The molecule has 0 fully saturated rings. The van der Waals surface area contributed by atoms with Crippen LogP contribution in [0, 0.1) is 0 Å². The molecule has 0 atom stereocenters. The minimum absolute atomic E-state index is 0.865. The Morgan fingerprint density at radius 1 is 1.00 bits per heavy atom. The molecule has 0 spiro atoms. The zero-order valence-corrected chi connectivity index (χ0v) is 5.82. The Labute approximate surface area is 55.9 Å². The first-order chi connectivity index (χ1) is 3.91. The third kappa shape index (κ3) is 6.35. The molecule has 0 unspecified atom stereocenters. The molecule has 0 saturated carbocycles. The van der Waals surface area contributed by atoms with E-state index in [1.165, 1.54) is 35.4 Å². The monoisotopic (exact) mass is 103 g/mol. The molecule has 0 heterocycles. The first-order valence-corrected chi connectivity index (χ1v) is 3.62. The van der Waals surface area contributed by atoms with Crippen molar-refractivity contribution < 1.29 is 0 Å². The van der Waals surface area contributed by atoms with E-state index in [0.29, 0.717) is 0 Å². The SMILES string of the molecule is CBBBBBBN. The van der Waals surface area contributed by atoms with Gasteiger partial charge in [0.25, 0.3) is 0 Å². The zero-order chi connectivity index (χ0) is 6.24. The molecule has 2 N–H and O–H groups in total. The molecular weight excluding hydrogens is 90.9 g/mol. The Hall–Kier alpha value is 0.350. The normalized spacial score (nSPS) is 6.75. The van der Waals surface area contributed by atoms with E-state index < -0.39 is 0 Å². The highest BCUT2D eigenvalue weighted by atomic mass is 14.3. The molecule has 0 amide bonds. The Morgan fingerprint density at radius 2 is 1.62 bits per heavy atom. The van der Waals surface area contributed by atoms with Crippen LogP contribution >= 0.6 is 0 Å². The van der Waals surface area contributed by atoms with Gasteiger partial charge in [-0.1, -0.05) is 6.82 Å². The summed E-state index contributed by atoms with van der Waals surface area (Å²) < 4.78 is 0. The second kappa shape index (κ2) is 7.35. The number of rotatable bonds is 5. The van der Waals surface area contributed by atoms with E-state index in [2.05, 4.69) is 6.82 Å². The van der Waals surface area contributed by atoms with Crippen molar-refractivity contribution in [2.45, 2.75) is 6.82 Å². The summed E-state index contributed by atoms with van der Waals surface area (Å²) in [6, 6.07) is 0. The van der Waals surface area contributed by atoms with Crippen LogP contribution < -0.4 is 5.64 Å². The van der Waals surface area contributed by atoms with Gasteiger partial charge in [0.2, 0.25) is 0 Å². The van der Waals surface area contributed by atoms with Crippen molar-refractivity contribution in [3.05, 3.63) is 0 Å². The number of hydrogen-bond acceptors (Lipinski definition) is 1. The predicted octanol–water partition coefficient (Wildman–Crippen LogP) is -3.90. The second-order valence-corrected chi connectivity index (χ2v) is 2.20. The fourth-order valence-electron chi connectivity index (χ4n) is 0.748. The van der Waals surface area contributed by atoms with Crippen molar-refractivity contribution in [1.82, 2.24) is 0 Å². The third-order valence-corrected chi connectivity index (χ3v) is 1.31. The molecule has 0 aromatic rings. The minimum atomic E-state index is 0.865. The summed E-state index contributed by atoms with van der Waals surface area (Å²) in [6.07, 6.45) is 0. The molecule has 0 aliphatic carbocycles. The molecule has 0 saturated heterocycles. The Balaban J connectivity index is 2.53. The molecule has 1 nitrogen and oxygen atoms in total. The number of nitrogens with two attached hydrogens (primary N) is 1. The van der Waals surface area contributed by atoms with Crippen LogP contribution in [0.15, 0.2) is 0 Å². The summed E-state index contributed by atoms with van der Waals surface area (Å²) >= 11 is 0. The molecule has 8 heavy (non-hydrogen) atoms. The highest BCUT2D eigenvalue weighted by Gasteiger charge is 1.93. The van der Waals surface area contributed by atoms with Crippen LogP contribution in [0.3, 0.4) is 0 Å². The van der Waals surface area contributed by atoms with E-state index in [-0.39, 0.29) is 0 Å². The quantitative estimate of drug-likeness (QED) is 0.278. The Morgan fingerprint density at radius 3 is 2.12 bits per heavy atom. The maximum atomic E-state index is 5.31. The molecule has 0 bridgehead atoms. The summed E-state index contributed by atoms with van der Waals surface area (Å²) in [7, 11) is 7.46. The van der Waals surface area contributed by atoms with Crippen molar-refractivity contribution in [3.8, 4) is 0 Å². The van der Waals surface area contributed by atoms with Gasteiger partial charge in [0.15, 0.2) is 0 Å². The molecule has 0 radical (unpaired) electrons. The maximum Gasteiger partial charge on any atom is 0.149 e. The Bertz CT molecular complexity index is 33.5. The van der Waals surface area contributed by atoms with Crippen LogP contribution in [-0.2, 0) is 0 Å². The van der Waals surface area contributed by atoms with Gasteiger partial charge in [-0.2, -0.15) is 0 Å². The van der Waals surface area contributed by atoms with E-state index in [0.717, 1.165) is 7.31 Å². The minimum Gasteiger partial charge on any atom is -0.380 e. The summed E-state index contributed by atoms with van der Waals surface area (Å²) in [5.41, 5.74) is 5.31. The van der Waals surface area contributed by atoms with Crippen molar-refractivity contribution >= 4 is 42.7 Å². The topological polar surface area (TPSA) is 26.0 Å². The van der Waals surface area contributed by atoms with Gasteiger partial charge in [-0.3, -0.25) is 0 Å². The zero-order valence-electron chi connectivity index (χ0n) is 5.82. The lowest BCUT2D eigenvalue weighted by molar-refractivity contribution is 1.98. The van der Waals surface area contributed by atoms with Gasteiger partial charge in [0, 0.05) is 21.2 Å². The maximum absolute atomic E-state index is 5.31. The van der Waals surface area contributed by atoms with Crippen molar-refractivity contribution in [2.75, 3.05) is 0 Å². The summed E-state index contributed by atoms with van der Waals surface area (Å²) in [6.45, 7) is 2.22. The lowest BCUT2D eigenvalue weighted by Crippen LogP contribution is -2.28. The van der Waals surface area contributed by atoms with Crippen molar-refractivity contribution in [1.29, 1.82) is 0 Å². The molecule has 0 aromatic carbocycles. The highest BCUT2D eigenvalue weighted by molar-refractivity contribution is 7.58. The number of hydrogen-bond donors (Lipinski definition) is 1. The molecule has 38 valence electrons. The summed E-state index contributed by atoms with van der Waals surface area (Å²) in [5.74, 6) is 0. The molecule has 0 aliphatic heterocycles. The van der Waals surface area contributed by atoms with Crippen molar-refractivity contribution in [3.63, 3.8) is 0 Å². The summed E-state index contributed by atoms with van der Waals surface area (Å²) in [4.78, 5) is 0. The van der Waals surface area contributed by atoms with Crippen LogP contribution in [0.4, 0.5) is 0 Å². The van der Waals surface area contributed by atoms with E-state index in [4.69, 9.17) is 5.64 Å². The average Bonchev–Trinajstić information content (AvgIpc) is 1.81. The van der Waals surface area contributed by atoms with Crippen LogP contribution in [0.2, 0.25) is 6.82 Å². The van der Waals surface area contributed by atoms with Gasteiger partial charge in [-0.05, 0) is 0 Å². The van der Waals surface area contributed by atoms with Gasteiger partial charge in [-0.15, -0.1) is 0 Å². The molecule has 0 rings (SSSR count). The van der Waals surface area contributed by atoms with Gasteiger partial charge >= 0.3 is 0 Å². The molecular formula is CH11B6N. The van der Waals surface area contributed by atoms with Crippen LogP contribution in [0.5, 0.6) is 0 Å². The van der Waals surface area contributed by atoms with Gasteiger partial charge in [0.1, 0.15) is 7.31 Å². The van der Waals surface area contributed by atoms with E-state index in [9.17, 15) is 0 Å². The fraction of sp³-hybridized carbons (Fsp3) is 1.00. The Kier molecular flexibility index (Phi) is 7.67. The lowest BCUT2D eigenvalue weighted by atomic mass is 8.98. The lowest BCUT2D eigenvalue weighted by Gasteiger charge is -1.84. The molecule has 0 aliphatic rings. The van der Waals surface area contributed by atoms with Crippen LogP contribution in [0.25, 0.3) is 0 Å². The van der Waals surface area contributed by atoms with Crippen LogP contribution in [0.1, 0.15) is 0 Å². The first-order valence-electron chi connectivity index (χ1n) is 3.62. The van der Waals surface area contributed by atoms with Crippen molar-refractivity contribution in [2.24, 2.45) is 5.64 Å². The molecule has 0 aromatic heterocycles. The standard InChI is InChI=1S/CH11B6N/c1-2-3-4-5-6-7-8/h2-7H,8H2,1H3. The van der Waals surface area contributed by atoms with Gasteiger partial charge < -0.3 is 5.64 Å². The average molecular weight is 102 g/mol. The van der Waals surface area contributed by atoms with Crippen LogP contribution in [-0.4, -0.2) is 42.7 Å².